The van der Waals surface area contributed by atoms with E-state index >= 15 is 0 Å². The number of aromatic hydroxyl groups is 2. The van der Waals surface area contributed by atoms with Crippen molar-refractivity contribution in [2.24, 2.45) is 9.98 Å². The van der Waals surface area contributed by atoms with Gasteiger partial charge in [-0.05, 0) is 50.2 Å². The van der Waals surface area contributed by atoms with Gasteiger partial charge in [0.2, 0.25) is 0 Å². The fraction of sp³-hybridized carbons (Fsp3) is 0.417. The number of nitrogens with one attached hydrogen (secondary N) is 2. The fourth-order valence-electron chi connectivity index (χ4n) is 2.96. The van der Waals surface area contributed by atoms with Gasteiger partial charge in [0.15, 0.2) is 23.0 Å². The molecule has 2 aromatic rings. The topological polar surface area (TPSA) is 108 Å². The molecule has 0 atom stereocenters. The van der Waals surface area contributed by atoms with E-state index in [2.05, 4.69) is 20.6 Å². The average molecular weight is 470 g/mol. The molecule has 0 spiro atoms. The van der Waals surface area contributed by atoms with Crippen molar-refractivity contribution >= 4 is 29.8 Å². The maximum Gasteiger partial charge on any atom is 3.00 e. The van der Waals surface area contributed by atoms with Crippen LogP contribution in [0, 0.1) is 0 Å². The minimum Gasteiger partial charge on any atom is -0.504 e. The van der Waals surface area contributed by atoms with E-state index in [1.165, 1.54) is 14.2 Å². The van der Waals surface area contributed by atoms with Gasteiger partial charge in [0.05, 0.1) is 14.2 Å². The molecular weight excluding hydrogens is 435 g/mol. The first-order chi connectivity index (χ1) is 15.7. The van der Waals surface area contributed by atoms with Gasteiger partial charge in [-0.3, -0.25) is 9.98 Å². The second-order valence-corrected chi connectivity index (χ2v) is 7.07. The van der Waals surface area contributed by atoms with Crippen LogP contribution in [0.2, 0.25) is 0 Å². The molecule has 2 rings (SSSR count). The molecule has 0 aliphatic heterocycles. The van der Waals surface area contributed by atoms with Crippen molar-refractivity contribution in [1.82, 2.24) is 10.6 Å². The summed E-state index contributed by atoms with van der Waals surface area (Å²) < 4.78 is 10.2. The van der Waals surface area contributed by atoms with Gasteiger partial charge in [-0.15, -0.1) is 0 Å². The number of aliphatic imine (C=N–C) groups is 2. The number of nitrogens with zero attached hydrogens (tertiary/aromatic N) is 2. The van der Waals surface area contributed by atoms with Gasteiger partial charge in [-0.1, -0.05) is 12.1 Å². The van der Waals surface area contributed by atoms with E-state index in [1.54, 1.807) is 36.7 Å². The van der Waals surface area contributed by atoms with Gasteiger partial charge in [-0.2, -0.15) is 0 Å². The van der Waals surface area contributed by atoms with E-state index < -0.39 is 0 Å². The van der Waals surface area contributed by atoms with E-state index in [0.717, 1.165) is 39.0 Å². The van der Waals surface area contributed by atoms with E-state index in [1.807, 2.05) is 12.1 Å². The van der Waals surface area contributed by atoms with Crippen molar-refractivity contribution in [3.63, 3.8) is 0 Å². The molecular formula is C24H34AlN4O4+3. The minimum absolute atomic E-state index is 0. The Morgan fingerprint density at radius 3 is 1.55 bits per heavy atom. The first-order valence-corrected chi connectivity index (χ1v) is 10.8. The van der Waals surface area contributed by atoms with Crippen molar-refractivity contribution in [3.05, 3.63) is 47.5 Å². The van der Waals surface area contributed by atoms with Gasteiger partial charge < -0.3 is 30.3 Å². The predicted molar refractivity (Wildman–Crippen MR) is 135 cm³/mol. The van der Waals surface area contributed by atoms with Crippen LogP contribution >= 0.6 is 0 Å². The second kappa shape index (κ2) is 17.0. The smallest absolute Gasteiger partial charge is 0.504 e. The molecule has 33 heavy (non-hydrogen) atoms. The number of phenolic OH excluding ortho intramolecular Hbond substituents is 2. The minimum atomic E-state index is 0. The largest absolute Gasteiger partial charge is 3.00 e. The summed E-state index contributed by atoms with van der Waals surface area (Å²) >= 11 is 0. The molecule has 0 radical (unpaired) electrons. The standard InChI is InChI=1S/C24H34N4O4.Al/c1-31-21-9-3-7-19(23(21)29)17-27-13-5-11-25-15-16-26-12-6-14-28-18-20-8-4-10-22(32-2)24(20)30;/h3-4,7-10,17-18,25-26,29-30H,5-6,11-16H2,1-2H3;/q;+3. The van der Waals surface area contributed by atoms with Crippen LogP contribution in [-0.4, -0.2) is 93.5 Å². The molecule has 0 saturated heterocycles. The first kappa shape index (κ1) is 28.5. The van der Waals surface area contributed by atoms with Gasteiger partial charge >= 0.3 is 17.4 Å². The third kappa shape index (κ3) is 10.3. The maximum absolute atomic E-state index is 10.0. The average Bonchev–Trinajstić information content (AvgIpc) is 2.81. The molecule has 9 heteroatoms. The van der Waals surface area contributed by atoms with Gasteiger partial charge in [-0.25, -0.2) is 0 Å². The molecule has 0 bridgehead atoms. The van der Waals surface area contributed by atoms with E-state index in [4.69, 9.17) is 9.47 Å². The molecule has 0 unspecified atom stereocenters. The van der Waals surface area contributed by atoms with Crippen molar-refractivity contribution in [2.75, 3.05) is 53.5 Å². The Hall–Kier alpha value is -2.57. The summed E-state index contributed by atoms with van der Waals surface area (Å²) in [7, 11) is 3.06. The van der Waals surface area contributed by atoms with Crippen LogP contribution in [0.25, 0.3) is 0 Å². The van der Waals surface area contributed by atoms with Crippen LogP contribution in [-0.2, 0) is 0 Å². The SMILES string of the molecule is COc1cccc(C=NCCCNCCNCCCN=Cc2cccc(OC)c2O)c1O.[Al+3]. The van der Waals surface area contributed by atoms with Crippen LogP contribution in [0.4, 0.5) is 0 Å². The number of hydrogen-bond donors (Lipinski definition) is 4. The molecule has 0 amide bonds. The summed E-state index contributed by atoms with van der Waals surface area (Å²) in [6, 6.07) is 10.7. The molecule has 174 valence electrons. The fourth-order valence-corrected chi connectivity index (χ4v) is 2.96. The number of hydrogen-bond acceptors (Lipinski definition) is 8. The van der Waals surface area contributed by atoms with Crippen molar-refractivity contribution < 1.29 is 19.7 Å². The predicted octanol–water partition coefficient (Wildman–Crippen LogP) is 2.23. The van der Waals surface area contributed by atoms with E-state index in [9.17, 15) is 10.2 Å². The molecule has 0 fully saturated rings. The Kier molecular flexibility index (Phi) is 14.6. The zero-order valence-corrected chi connectivity index (χ0v) is 20.6. The normalized spacial score (nSPS) is 11.1. The summed E-state index contributed by atoms with van der Waals surface area (Å²) in [6.07, 6.45) is 5.20. The maximum atomic E-state index is 10.0. The Balaban J connectivity index is 0.00000544. The van der Waals surface area contributed by atoms with Crippen LogP contribution < -0.4 is 20.1 Å². The molecule has 0 aliphatic carbocycles. The molecule has 0 heterocycles. The third-order valence-electron chi connectivity index (χ3n) is 4.72. The summed E-state index contributed by atoms with van der Waals surface area (Å²) in [5, 5.41) is 26.8. The first-order valence-electron chi connectivity index (χ1n) is 10.8. The third-order valence-corrected chi connectivity index (χ3v) is 4.72. The molecule has 2 aromatic carbocycles. The number of methoxy groups -OCH3 is 2. The number of rotatable bonds is 15. The summed E-state index contributed by atoms with van der Waals surface area (Å²) in [5.41, 5.74) is 1.32. The van der Waals surface area contributed by atoms with Gasteiger partial charge in [0.25, 0.3) is 0 Å². The number of phenols is 2. The summed E-state index contributed by atoms with van der Waals surface area (Å²) in [5.74, 6) is 1.14. The molecule has 0 aromatic heterocycles. The van der Waals surface area contributed by atoms with E-state index in [0.29, 0.717) is 35.7 Å². The van der Waals surface area contributed by atoms with Crippen LogP contribution in [0.3, 0.4) is 0 Å². The van der Waals surface area contributed by atoms with Crippen LogP contribution in [0.15, 0.2) is 46.4 Å². The van der Waals surface area contributed by atoms with Crippen molar-refractivity contribution in [2.45, 2.75) is 12.8 Å². The van der Waals surface area contributed by atoms with Crippen molar-refractivity contribution in [1.29, 1.82) is 0 Å². The van der Waals surface area contributed by atoms with Crippen molar-refractivity contribution in [3.8, 4) is 23.0 Å². The molecule has 0 saturated carbocycles. The molecule has 8 nitrogen and oxygen atoms in total. The zero-order chi connectivity index (χ0) is 23.0. The number of para-hydroxylation sites is 2. The van der Waals surface area contributed by atoms with Gasteiger partial charge in [0.1, 0.15) is 0 Å². The Morgan fingerprint density at radius 2 is 1.15 bits per heavy atom. The van der Waals surface area contributed by atoms with Crippen LogP contribution in [0.5, 0.6) is 23.0 Å². The zero-order valence-electron chi connectivity index (χ0n) is 19.5. The number of benzene rings is 2. The molecule has 4 N–H and O–H groups in total. The summed E-state index contributed by atoms with van der Waals surface area (Å²) in [6.45, 7) is 4.94. The van der Waals surface area contributed by atoms with Crippen LogP contribution in [0.1, 0.15) is 24.0 Å². The quantitative estimate of drug-likeness (QED) is 0.181. The molecule has 0 aliphatic rings. The Bertz CT molecular complexity index is 806. The Morgan fingerprint density at radius 1 is 0.727 bits per heavy atom. The number of ether oxygens (including phenoxy) is 2. The second-order valence-electron chi connectivity index (χ2n) is 7.07. The monoisotopic (exact) mass is 469 g/mol. The Labute approximate surface area is 206 Å². The van der Waals surface area contributed by atoms with Gasteiger partial charge in [0, 0.05) is 49.7 Å². The summed E-state index contributed by atoms with van der Waals surface area (Å²) in [4.78, 5) is 8.72. The van der Waals surface area contributed by atoms with E-state index in [-0.39, 0.29) is 28.9 Å².